The first-order valence-corrected chi connectivity index (χ1v) is 10.8. The van der Waals surface area contributed by atoms with Crippen LogP contribution in [0.2, 0.25) is 0 Å². The fourth-order valence-electron chi connectivity index (χ4n) is 3.90. The first-order chi connectivity index (χ1) is 14.8. The van der Waals surface area contributed by atoms with Crippen molar-refractivity contribution in [2.24, 2.45) is 4.99 Å². The van der Waals surface area contributed by atoms with Crippen LogP contribution in [0, 0.1) is 0 Å². The first kappa shape index (κ1) is 20.3. The molecule has 0 radical (unpaired) electrons. The Hall–Kier alpha value is -2.93. The molecule has 158 valence electrons. The molecule has 2 aromatic heterocycles. The summed E-state index contributed by atoms with van der Waals surface area (Å²) in [5, 5.41) is 15.1. The van der Waals surface area contributed by atoms with E-state index in [1.807, 2.05) is 28.8 Å². The van der Waals surface area contributed by atoms with E-state index in [0.29, 0.717) is 6.54 Å². The Labute approximate surface area is 178 Å². The highest BCUT2D eigenvalue weighted by atomic mass is 15.3. The minimum atomic E-state index is 0.555. The van der Waals surface area contributed by atoms with Gasteiger partial charge in [-0.25, -0.2) is 0 Å². The molecule has 3 aromatic rings. The molecule has 1 fully saturated rings. The van der Waals surface area contributed by atoms with Crippen LogP contribution in [0.15, 0.2) is 53.7 Å². The van der Waals surface area contributed by atoms with Crippen molar-refractivity contribution in [1.82, 2.24) is 30.1 Å². The lowest BCUT2D eigenvalue weighted by atomic mass is 10.1. The molecule has 0 atom stereocenters. The number of benzene rings is 1. The van der Waals surface area contributed by atoms with Crippen molar-refractivity contribution >= 4 is 11.6 Å². The van der Waals surface area contributed by atoms with Crippen LogP contribution in [0.5, 0.6) is 0 Å². The third kappa shape index (κ3) is 5.36. The quantitative estimate of drug-likeness (QED) is 0.487. The number of hydrogen-bond donors (Lipinski definition) is 2. The van der Waals surface area contributed by atoms with E-state index in [2.05, 4.69) is 55.0 Å². The summed E-state index contributed by atoms with van der Waals surface area (Å²) in [5.41, 5.74) is 3.48. The molecule has 1 aliphatic heterocycles. The second kappa shape index (κ2) is 10.2. The Bertz CT molecular complexity index is 953. The van der Waals surface area contributed by atoms with Gasteiger partial charge in [0.1, 0.15) is 0 Å². The molecule has 0 saturated carbocycles. The van der Waals surface area contributed by atoms with Gasteiger partial charge in [-0.1, -0.05) is 43.2 Å². The number of likely N-dealkylation sites (tertiary alicyclic amines) is 1. The average molecular weight is 406 g/mol. The van der Waals surface area contributed by atoms with Gasteiger partial charge in [0, 0.05) is 26.3 Å². The molecule has 0 spiro atoms. The third-order valence-electron chi connectivity index (χ3n) is 5.61. The van der Waals surface area contributed by atoms with Gasteiger partial charge in [-0.3, -0.25) is 14.3 Å². The summed E-state index contributed by atoms with van der Waals surface area (Å²) in [4.78, 5) is 6.90. The summed E-state index contributed by atoms with van der Waals surface area (Å²) in [6, 6.07) is 14.8. The van der Waals surface area contributed by atoms with Crippen molar-refractivity contribution in [3.05, 3.63) is 65.6 Å². The fourth-order valence-corrected chi connectivity index (χ4v) is 3.90. The van der Waals surface area contributed by atoms with Crippen LogP contribution < -0.4 is 10.6 Å². The van der Waals surface area contributed by atoms with Crippen LogP contribution in [0.4, 0.5) is 0 Å². The average Bonchev–Trinajstić information content (AvgIpc) is 3.02. The Balaban J connectivity index is 1.26. The standard InChI is InChI=1S/C23H31N7/c1-24-23(26-17-22-28-27-21-8-4-7-15-30(21)22)25-16-19-9-11-20(12-10-19)18-29-13-5-2-3-6-14-29/h4,7-12,15H,2-3,5-6,13-14,16-18H2,1H3,(H2,24,25,26). The van der Waals surface area contributed by atoms with E-state index < -0.39 is 0 Å². The summed E-state index contributed by atoms with van der Waals surface area (Å²) in [5.74, 6) is 1.60. The van der Waals surface area contributed by atoms with Crippen LogP contribution in [0.1, 0.15) is 42.6 Å². The minimum absolute atomic E-state index is 0.555. The lowest BCUT2D eigenvalue weighted by Gasteiger charge is -2.20. The van der Waals surface area contributed by atoms with Gasteiger partial charge in [-0.05, 0) is 49.2 Å². The Kier molecular flexibility index (Phi) is 6.92. The van der Waals surface area contributed by atoms with E-state index in [4.69, 9.17) is 0 Å². The van der Waals surface area contributed by atoms with Gasteiger partial charge >= 0.3 is 0 Å². The maximum absolute atomic E-state index is 4.32. The van der Waals surface area contributed by atoms with Crippen LogP contribution in [0.3, 0.4) is 0 Å². The van der Waals surface area contributed by atoms with Gasteiger partial charge < -0.3 is 10.6 Å². The van der Waals surface area contributed by atoms with Crippen LogP contribution in [-0.4, -0.2) is 45.6 Å². The Morgan fingerprint density at radius 1 is 0.900 bits per heavy atom. The summed E-state index contributed by atoms with van der Waals surface area (Å²) in [7, 11) is 1.78. The molecule has 1 aliphatic rings. The van der Waals surface area contributed by atoms with E-state index in [1.165, 1.54) is 49.9 Å². The predicted octanol–water partition coefficient (Wildman–Crippen LogP) is 2.97. The summed E-state index contributed by atoms with van der Waals surface area (Å²) >= 11 is 0. The number of pyridine rings is 1. The Morgan fingerprint density at radius 3 is 2.40 bits per heavy atom. The molecule has 0 aliphatic carbocycles. The van der Waals surface area contributed by atoms with Gasteiger partial charge in [0.25, 0.3) is 0 Å². The molecule has 0 amide bonds. The zero-order chi connectivity index (χ0) is 20.6. The molecule has 0 bridgehead atoms. The zero-order valence-corrected chi connectivity index (χ0v) is 17.7. The molecule has 2 N–H and O–H groups in total. The van der Waals surface area contributed by atoms with Gasteiger partial charge in [0.05, 0.1) is 6.54 Å². The monoisotopic (exact) mass is 405 g/mol. The zero-order valence-electron chi connectivity index (χ0n) is 17.7. The number of hydrogen-bond acceptors (Lipinski definition) is 4. The lowest BCUT2D eigenvalue weighted by molar-refractivity contribution is 0.277. The van der Waals surface area contributed by atoms with Gasteiger partial charge in [0.15, 0.2) is 17.4 Å². The van der Waals surface area contributed by atoms with Crippen molar-refractivity contribution in [3.63, 3.8) is 0 Å². The number of aliphatic imine (C=N–C) groups is 1. The van der Waals surface area contributed by atoms with Crippen molar-refractivity contribution in [3.8, 4) is 0 Å². The highest BCUT2D eigenvalue weighted by Gasteiger charge is 2.09. The second-order valence-electron chi connectivity index (χ2n) is 7.83. The van der Waals surface area contributed by atoms with E-state index in [1.54, 1.807) is 7.05 Å². The summed E-state index contributed by atoms with van der Waals surface area (Å²) in [6.45, 7) is 4.80. The van der Waals surface area contributed by atoms with E-state index in [9.17, 15) is 0 Å². The maximum Gasteiger partial charge on any atom is 0.191 e. The summed E-state index contributed by atoms with van der Waals surface area (Å²) in [6.07, 6.45) is 7.39. The van der Waals surface area contributed by atoms with Gasteiger partial charge in [-0.2, -0.15) is 0 Å². The molecule has 7 nitrogen and oxygen atoms in total. The number of guanidine groups is 1. The highest BCUT2D eigenvalue weighted by molar-refractivity contribution is 5.79. The molecular weight excluding hydrogens is 374 g/mol. The number of nitrogens with one attached hydrogen (secondary N) is 2. The predicted molar refractivity (Wildman–Crippen MR) is 120 cm³/mol. The van der Waals surface area contributed by atoms with Crippen molar-refractivity contribution in [2.75, 3.05) is 20.1 Å². The van der Waals surface area contributed by atoms with Gasteiger partial charge in [0.2, 0.25) is 0 Å². The molecular formula is C23H31N7. The fraction of sp³-hybridized carbons (Fsp3) is 0.435. The van der Waals surface area contributed by atoms with Crippen LogP contribution in [-0.2, 0) is 19.6 Å². The van der Waals surface area contributed by atoms with Crippen molar-refractivity contribution < 1.29 is 0 Å². The first-order valence-electron chi connectivity index (χ1n) is 10.8. The van der Waals surface area contributed by atoms with Gasteiger partial charge in [-0.15, -0.1) is 10.2 Å². The normalized spacial score (nSPS) is 15.8. The van der Waals surface area contributed by atoms with Crippen molar-refractivity contribution in [1.29, 1.82) is 0 Å². The maximum atomic E-state index is 4.32. The molecule has 1 saturated heterocycles. The largest absolute Gasteiger partial charge is 0.352 e. The third-order valence-corrected chi connectivity index (χ3v) is 5.61. The molecule has 7 heteroatoms. The van der Waals surface area contributed by atoms with Crippen LogP contribution in [0.25, 0.3) is 5.65 Å². The number of nitrogens with zero attached hydrogens (tertiary/aromatic N) is 5. The molecule has 0 unspecified atom stereocenters. The van der Waals surface area contributed by atoms with Crippen molar-refractivity contribution in [2.45, 2.75) is 45.3 Å². The van der Waals surface area contributed by atoms with E-state index in [0.717, 1.165) is 30.5 Å². The highest BCUT2D eigenvalue weighted by Crippen LogP contribution is 2.14. The Morgan fingerprint density at radius 2 is 1.63 bits per heavy atom. The SMILES string of the molecule is CN=C(NCc1ccc(CN2CCCCCC2)cc1)NCc1nnc2ccccn12. The topological polar surface area (TPSA) is 69.8 Å². The van der Waals surface area contributed by atoms with Crippen LogP contribution >= 0.6 is 0 Å². The lowest BCUT2D eigenvalue weighted by Crippen LogP contribution is -2.36. The number of rotatable bonds is 6. The van der Waals surface area contributed by atoms with E-state index in [-0.39, 0.29) is 0 Å². The number of aromatic nitrogens is 3. The molecule has 1 aromatic carbocycles. The molecule has 4 rings (SSSR count). The second-order valence-corrected chi connectivity index (χ2v) is 7.83. The molecule has 30 heavy (non-hydrogen) atoms. The van der Waals surface area contributed by atoms with E-state index >= 15 is 0 Å². The number of fused-ring (bicyclic) bond motifs is 1. The minimum Gasteiger partial charge on any atom is -0.352 e. The summed E-state index contributed by atoms with van der Waals surface area (Å²) < 4.78 is 1.98. The smallest absolute Gasteiger partial charge is 0.191 e. The molecule has 3 heterocycles.